The maximum absolute atomic E-state index is 12.0. The van der Waals surface area contributed by atoms with E-state index in [0.29, 0.717) is 40.2 Å². The largest absolute Gasteiger partial charge is 0.482 e. The van der Waals surface area contributed by atoms with Crippen molar-refractivity contribution in [3.8, 4) is 11.5 Å². The van der Waals surface area contributed by atoms with E-state index in [9.17, 15) is 29.8 Å². The Balaban J connectivity index is 0.000000149. The number of pyridine rings is 3. The summed E-state index contributed by atoms with van der Waals surface area (Å²) in [5, 5.41) is 20.9. The van der Waals surface area contributed by atoms with E-state index in [1.54, 1.807) is 36.4 Å². The molecule has 0 radical (unpaired) electrons. The number of benzene rings is 2. The molecule has 2 N–H and O–H groups in total. The van der Waals surface area contributed by atoms with Crippen LogP contribution >= 0.6 is 11.6 Å². The minimum atomic E-state index is -0.536. The predicted molar refractivity (Wildman–Crippen MR) is 174 cm³/mol. The third-order valence-corrected chi connectivity index (χ3v) is 6.73. The monoisotopic (exact) mass is 670 g/mol. The van der Waals surface area contributed by atoms with Crippen molar-refractivity contribution in [3.63, 3.8) is 0 Å². The van der Waals surface area contributed by atoms with Crippen molar-refractivity contribution in [1.82, 2.24) is 15.0 Å². The number of halogens is 1. The summed E-state index contributed by atoms with van der Waals surface area (Å²) in [7, 11) is 0. The van der Waals surface area contributed by atoms with Crippen LogP contribution in [0.2, 0.25) is 5.15 Å². The van der Waals surface area contributed by atoms with Crippen LogP contribution < -0.4 is 25.0 Å². The summed E-state index contributed by atoms with van der Waals surface area (Å²) in [4.78, 5) is 58.2. The number of hydrogen-bond donors (Lipinski definition) is 1. The average Bonchev–Trinajstić information content (AvgIpc) is 3.09. The molecule has 242 valence electrons. The number of nitro groups is 2. The zero-order valence-corrected chi connectivity index (χ0v) is 25.3. The summed E-state index contributed by atoms with van der Waals surface area (Å²) in [6.45, 7) is -0.0707. The lowest BCUT2D eigenvalue weighted by molar-refractivity contribution is -0.385. The van der Waals surface area contributed by atoms with E-state index in [0.717, 1.165) is 12.4 Å². The van der Waals surface area contributed by atoms with Gasteiger partial charge in [-0.25, -0.2) is 15.0 Å². The molecule has 48 heavy (non-hydrogen) atoms. The Morgan fingerprint density at radius 2 is 1.10 bits per heavy atom. The SMILES string of the molecule is Nc1ccc(N2C(=O)COc3ccccc32)nc1.O=C1COc2ccccc2N1c1ccc([N+](=O)[O-])cn1.O=[N+]([O-])c1ccc(Cl)nc1. The van der Waals surface area contributed by atoms with Crippen molar-refractivity contribution in [1.29, 1.82) is 0 Å². The molecule has 17 heteroatoms. The number of para-hydroxylation sites is 4. The van der Waals surface area contributed by atoms with Gasteiger partial charge in [-0.05, 0) is 48.5 Å². The summed E-state index contributed by atoms with van der Waals surface area (Å²) in [5.74, 6) is 1.71. The fourth-order valence-corrected chi connectivity index (χ4v) is 4.44. The Kier molecular flexibility index (Phi) is 9.95. The quantitative estimate of drug-likeness (QED) is 0.144. The molecule has 5 heterocycles. The molecule has 2 aromatic carbocycles. The van der Waals surface area contributed by atoms with Crippen molar-refractivity contribution in [2.24, 2.45) is 0 Å². The fourth-order valence-electron chi connectivity index (χ4n) is 4.33. The summed E-state index contributed by atoms with van der Waals surface area (Å²) in [5.41, 5.74) is 7.26. The smallest absolute Gasteiger partial charge is 0.287 e. The number of carbonyl (C=O) groups is 2. The molecule has 2 aliphatic rings. The minimum absolute atomic E-state index is 0.0169. The molecule has 0 saturated carbocycles. The van der Waals surface area contributed by atoms with Crippen molar-refractivity contribution in [3.05, 3.63) is 129 Å². The van der Waals surface area contributed by atoms with E-state index >= 15 is 0 Å². The first-order valence-corrected chi connectivity index (χ1v) is 14.2. The number of rotatable bonds is 4. The number of carbonyl (C=O) groups excluding carboxylic acids is 2. The number of aromatic nitrogens is 3. The van der Waals surface area contributed by atoms with Gasteiger partial charge in [0.15, 0.2) is 13.2 Å². The van der Waals surface area contributed by atoms with Gasteiger partial charge in [0.05, 0.1) is 33.1 Å². The predicted octanol–water partition coefficient (Wildman–Crippen LogP) is 5.41. The highest BCUT2D eigenvalue weighted by molar-refractivity contribution is 6.29. The first-order valence-electron chi connectivity index (χ1n) is 13.8. The molecule has 3 aromatic heterocycles. The van der Waals surface area contributed by atoms with Crippen LogP contribution in [-0.4, -0.2) is 49.8 Å². The van der Waals surface area contributed by atoms with Gasteiger partial charge in [0, 0.05) is 12.1 Å². The second-order valence-corrected chi connectivity index (χ2v) is 10.0. The van der Waals surface area contributed by atoms with Gasteiger partial charge >= 0.3 is 0 Å². The highest BCUT2D eigenvalue weighted by Crippen LogP contribution is 2.37. The van der Waals surface area contributed by atoms with Crippen molar-refractivity contribution in [2.45, 2.75) is 0 Å². The molecule has 0 bridgehead atoms. The van der Waals surface area contributed by atoms with Gasteiger partial charge in [-0.2, -0.15) is 0 Å². The number of ether oxygens (including phenoxy) is 2. The number of nitrogens with zero attached hydrogens (tertiary/aromatic N) is 7. The molecule has 7 rings (SSSR count). The topological polar surface area (TPSA) is 210 Å². The normalized spacial score (nSPS) is 12.9. The third-order valence-electron chi connectivity index (χ3n) is 6.51. The van der Waals surface area contributed by atoms with Gasteiger partial charge in [0.25, 0.3) is 23.2 Å². The standard InChI is InChI=1S/C13H9N3O4.C13H11N3O2.C5H3ClN2O2/c17-13-8-20-11-4-2-1-3-10(11)15(13)12-6-5-9(7-14-12)16(18)19;14-9-5-6-12(15-7-9)16-10-3-1-2-4-11(10)18-8-13(16)17;6-5-2-1-4(3-7-5)8(9)10/h1-7H,8H2;1-7H,8,14H2;1-3H. The molecule has 0 unspecified atom stereocenters. The first kappa shape index (κ1) is 32.7. The van der Waals surface area contributed by atoms with E-state index in [1.165, 1.54) is 40.3 Å². The third kappa shape index (κ3) is 7.57. The van der Waals surface area contributed by atoms with Crippen LogP contribution in [0.5, 0.6) is 11.5 Å². The highest BCUT2D eigenvalue weighted by atomic mass is 35.5. The molecule has 2 amide bonds. The maximum atomic E-state index is 12.0. The van der Waals surface area contributed by atoms with Crippen LogP contribution in [0.4, 0.5) is 40.1 Å². The second kappa shape index (κ2) is 14.6. The van der Waals surface area contributed by atoms with E-state index in [2.05, 4.69) is 15.0 Å². The Morgan fingerprint density at radius 1 is 0.646 bits per heavy atom. The molecular formula is C31H23ClN8O8. The summed E-state index contributed by atoms with van der Waals surface area (Å²) < 4.78 is 10.7. The van der Waals surface area contributed by atoms with Crippen molar-refractivity contribution < 1.29 is 28.9 Å². The van der Waals surface area contributed by atoms with Crippen molar-refractivity contribution >= 4 is 63.5 Å². The molecule has 2 aliphatic heterocycles. The van der Waals surface area contributed by atoms with Crippen LogP contribution in [0, 0.1) is 20.2 Å². The summed E-state index contributed by atoms with van der Waals surface area (Å²) in [6.07, 6.45) is 3.77. The number of amides is 2. The van der Waals surface area contributed by atoms with Gasteiger partial charge in [-0.15, -0.1) is 0 Å². The highest BCUT2D eigenvalue weighted by Gasteiger charge is 2.28. The van der Waals surface area contributed by atoms with E-state index in [4.69, 9.17) is 26.8 Å². The van der Waals surface area contributed by atoms with Crippen LogP contribution in [0.15, 0.2) is 104 Å². The van der Waals surface area contributed by atoms with Crippen molar-refractivity contribution in [2.75, 3.05) is 28.7 Å². The molecule has 16 nitrogen and oxygen atoms in total. The average molecular weight is 671 g/mol. The van der Waals surface area contributed by atoms with Gasteiger partial charge in [-0.3, -0.25) is 39.6 Å². The zero-order chi connectivity index (χ0) is 34.2. The van der Waals surface area contributed by atoms with Gasteiger partial charge < -0.3 is 15.2 Å². The number of nitrogens with two attached hydrogens (primary N) is 1. The van der Waals surface area contributed by atoms with E-state index in [1.807, 2.05) is 24.3 Å². The van der Waals surface area contributed by atoms with Gasteiger partial charge in [0.2, 0.25) is 0 Å². The fraction of sp³-hybridized carbons (Fsp3) is 0.0645. The number of anilines is 5. The molecule has 0 aliphatic carbocycles. The lowest BCUT2D eigenvalue weighted by atomic mass is 10.2. The molecule has 0 atom stereocenters. The Labute approximate surface area is 276 Å². The van der Waals surface area contributed by atoms with Crippen LogP contribution in [0.25, 0.3) is 0 Å². The molecule has 0 saturated heterocycles. The Morgan fingerprint density at radius 3 is 1.52 bits per heavy atom. The molecule has 0 fully saturated rings. The van der Waals surface area contributed by atoms with Crippen LogP contribution in [-0.2, 0) is 9.59 Å². The zero-order valence-electron chi connectivity index (χ0n) is 24.6. The van der Waals surface area contributed by atoms with E-state index in [-0.39, 0.29) is 41.6 Å². The number of fused-ring (bicyclic) bond motifs is 2. The second-order valence-electron chi connectivity index (χ2n) is 9.65. The molecule has 0 spiro atoms. The van der Waals surface area contributed by atoms with Gasteiger partial charge in [-0.1, -0.05) is 35.9 Å². The molecular weight excluding hydrogens is 648 g/mol. The van der Waals surface area contributed by atoms with E-state index < -0.39 is 9.85 Å². The molecule has 5 aromatic rings. The van der Waals surface area contributed by atoms with Gasteiger partial charge in [0.1, 0.15) is 40.7 Å². The first-order chi connectivity index (χ1) is 23.1. The summed E-state index contributed by atoms with van der Waals surface area (Å²) in [6, 6.07) is 23.3. The Bertz CT molecular complexity index is 1960. The minimum Gasteiger partial charge on any atom is -0.482 e. The summed E-state index contributed by atoms with van der Waals surface area (Å²) >= 11 is 5.38. The lowest BCUT2D eigenvalue weighted by Gasteiger charge is -2.28. The van der Waals surface area contributed by atoms with Crippen LogP contribution in [0.3, 0.4) is 0 Å². The van der Waals surface area contributed by atoms with Crippen LogP contribution in [0.1, 0.15) is 0 Å². The number of hydrogen-bond acceptors (Lipinski definition) is 12. The Hall–Kier alpha value is -6.68. The lowest BCUT2D eigenvalue weighted by Crippen LogP contribution is -2.35. The maximum Gasteiger partial charge on any atom is 0.287 e. The number of nitrogen functional groups attached to an aromatic ring is 1.